The third-order valence-electron chi connectivity index (χ3n) is 4.39. The highest BCUT2D eigenvalue weighted by atomic mass is 19.1. The number of rotatable bonds is 3. The fraction of sp³-hybridized carbons (Fsp3) is 0.353. The Hall–Kier alpha value is -2.30. The molecule has 0 atom stereocenters. The van der Waals surface area contributed by atoms with E-state index >= 15 is 0 Å². The fourth-order valence-corrected chi connectivity index (χ4v) is 3.04. The van der Waals surface area contributed by atoms with Gasteiger partial charge in [-0.25, -0.2) is 4.39 Å². The highest BCUT2D eigenvalue weighted by Gasteiger charge is 2.24. The van der Waals surface area contributed by atoms with Gasteiger partial charge in [0.15, 0.2) is 0 Å². The summed E-state index contributed by atoms with van der Waals surface area (Å²) in [5.41, 5.74) is 1.59. The molecule has 22 heavy (non-hydrogen) atoms. The highest BCUT2D eigenvalue weighted by molar-refractivity contribution is 5.89. The topological polar surface area (TPSA) is 56.3 Å². The lowest BCUT2D eigenvalue weighted by molar-refractivity contribution is -0.131. The lowest BCUT2D eigenvalue weighted by Gasteiger charge is -2.31. The van der Waals surface area contributed by atoms with Gasteiger partial charge in [0.1, 0.15) is 5.82 Å². The molecule has 0 bridgehead atoms. The number of aromatic nitrogens is 1. The zero-order valence-electron chi connectivity index (χ0n) is 12.3. The average Bonchev–Trinajstić information content (AvgIpc) is 2.89. The molecule has 1 amide bonds. The van der Waals surface area contributed by atoms with Crippen LogP contribution in [0.25, 0.3) is 10.9 Å². The van der Waals surface area contributed by atoms with Gasteiger partial charge < -0.3 is 15.0 Å². The molecule has 2 aromatic rings. The molecule has 2 N–H and O–H groups in total. The molecule has 0 spiro atoms. The van der Waals surface area contributed by atoms with Crippen LogP contribution >= 0.6 is 0 Å². The van der Waals surface area contributed by atoms with Crippen molar-refractivity contribution in [1.29, 1.82) is 0 Å². The fourth-order valence-electron chi connectivity index (χ4n) is 3.04. The van der Waals surface area contributed by atoms with E-state index in [9.17, 15) is 14.3 Å². The zero-order chi connectivity index (χ0) is 15.7. The van der Waals surface area contributed by atoms with Crippen molar-refractivity contribution in [2.75, 3.05) is 13.1 Å². The summed E-state index contributed by atoms with van der Waals surface area (Å²) in [5.74, 6) is 0.0802. The summed E-state index contributed by atoms with van der Waals surface area (Å²) in [4.78, 5) is 17.2. The zero-order valence-corrected chi connectivity index (χ0v) is 12.3. The minimum atomic E-state index is -0.293. The molecular formula is C17H19FN2O2. The summed E-state index contributed by atoms with van der Waals surface area (Å²) < 4.78 is 13.2. The maximum absolute atomic E-state index is 13.2. The molecule has 3 rings (SSSR count). The number of nitrogens with zero attached hydrogens (tertiary/aromatic N) is 1. The molecule has 116 valence electrons. The summed E-state index contributed by atoms with van der Waals surface area (Å²) >= 11 is 0. The number of nitrogens with one attached hydrogen (secondary N) is 1. The van der Waals surface area contributed by atoms with Crippen LogP contribution in [0.1, 0.15) is 18.4 Å². The van der Waals surface area contributed by atoms with E-state index in [-0.39, 0.29) is 23.4 Å². The number of halogens is 1. The van der Waals surface area contributed by atoms with E-state index in [4.69, 9.17) is 0 Å². The number of aromatic amines is 1. The lowest BCUT2D eigenvalue weighted by atomic mass is 9.95. The van der Waals surface area contributed by atoms with Crippen molar-refractivity contribution in [3.63, 3.8) is 0 Å². The minimum absolute atomic E-state index is 0.0622. The van der Waals surface area contributed by atoms with Crippen LogP contribution in [0.5, 0.6) is 0 Å². The summed E-state index contributed by atoms with van der Waals surface area (Å²) in [6.07, 6.45) is 3.57. The molecule has 2 heterocycles. The number of hydrogen-bond acceptors (Lipinski definition) is 2. The summed E-state index contributed by atoms with van der Waals surface area (Å²) in [7, 11) is 0. The van der Waals surface area contributed by atoms with E-state index < -0.39 is 0 Å². The van der Waals surface area contributed by atoms with Gasteiger partial charge in [0.25, 0.3) is 0 Å². The van der Waals surface area contributed by atoms with E-state index in [1.165, 1.54) is 12.1 Å². The first-order valence-electron chi connectivity index (χ1n) is 7.45. The Kier molecular flexibility index (Phi) is 3.88. The maximum Gasteiger partial charge on any atom is 0.227 e. The second-order valence-corrected chi connectivity index (χ2v) is 5.83. The second kappa shape index (κ2) is 5.83. The van der Waals surface area contributed by atoms with Gasteiger partial charge in [0, 0.05) is 36.1 Å². The van der Waals surface area contributed by atoms with Gasteiger partial charge in [0.2, 0.25) is 5.91 Å². The number of aliphatic hydroxyl groups is 1. The number of likely N-dealkylation sites (tertiary alicyclic amines) is 1. The number of carbonyl (C=O) groups excluding carboxylic acids is 1. The summed E-state index contributed by atoms with van der Waals surface area (Å²) in [5, 5.41) is 10.3. The highest BCUT2D eigenvalue weighted by Crippen LogP contribution is 2.24. The van der Waals surface area contributed by atoms with Crippen molar-refractivity contribution in [2.24, 2.45) is 5.92 Å². The first-order valence-corrected chi connectivity index (χ1v) is 7.45. The van der Waals surface area contributed by atoms with Crippen LogP contribution in [0.4, 0.5) is 4.39 Å². The molecule has 1 aromatic heterocycles. The van der Waals surface area contributed by atoms with E-state index in [2.05, 4.69) is 11.6 Å². The van der Waals surface area contributed by atoms with Crippen molar-refractivity contribution >= 4 is 16.8 Å². The molecule has 1 aliphatic rings. The quantitative estimate of drug-likeness (QED) is 0.856. The van der Waals surface area contributed by atoms with E-state index in [1.807, 2.05) is 4.90 Å². The summed E-state index contributed by atoms with van der Waals surface area (Å²) in [6, 6.07) is 4.54. The first-order chi connectivity index (χ1) is 10.5. The number of H-pyrrole nitrogens is 1. The Morgan fingerprint density at radius 3 is 2.82 bits per heavy atom. The van der Waals surface area contributed by atoms with Crippen molar-refractivity contribution in [1.82, 2.24) is 9.88 Å². The first kappa shape index (κ1) is 14.6. The Bertz CT molecular complexity index is 715. The average molecular weight is 302 g/mol. The normalized spacial score (nSPS) is 16.1. The maximum atomic E-state index is 13.2. The van der Waals surface area contributed by atoms with Crippen LogP contribution in [-0.2, 0) is 11.2 Å². The molecule has 0 saturated carbocycles. The van der Waals surface area contributed by atoms with Crippen LogP contribution in [0.3, 0.4) is 0 Å². The van der Waals surface area contributed by atoms with Crippen LogP contribution in [-0.4, -0.2) is 34.0 Å². The molecular weight excluding hydrogens is 283 g/mol. The molecule has 0 aliphatic carbocycles. The van der Waals surface area contributed by atoms with Crippen molar-refractivity contribution in [2.45, 2.75) is 19.3 Å². The van der Waals surface area contributed by atoms with Crippen molar-refractivity contribution in [3.8, 4) is 0 Å². The number of hydrogen-bond donors (Lipinski definition) is 2. The van der Waals surface area contributed by atoms with E-state index in [0.717, 1.165) is 23.8 Å². The number of aliphatic hydroxyl groups excluding tert-OH is 1. The van der Waals surface area contributed by atoms with Crippen molar-refractivity contribution < 1.29 is 14.3 Å². The molecule has 1 aromatic carbocycles. The predicted octanol–water partition coefficient (Wildman–Crippen LogP) is 3.16. The monoisotopic (exact) mass is 302 g/mol. The van der Waals surface area contributed by atoms with Gasteiger partial charge in [-0.3, -0.25) is 4.79 Å². The van der Waals surface area contributed by atoms with Crippen LogP contribution in [0.2, 0.25) is 0 Å². The molecule has 0 radical (unpaired) electrons. The summed E-state index contributed by atoms with van der Waals surface area (Å²) in [6.45, 7) is 4.85. The molecule has 4 nitrogen and oxygen atoms in total. The van der Waals surface area contributed by atoms with Gasteiger partial charge in [-0.05, 0) is 36.6 Å². The van der Waals surface area contributed by atoms with E-state index in [0.29, 0.717) is 25.0 Å². The predicted molar refractivity (Wildman–Crippen MR) is 83.0 cm³/mol. The third-order valence-corrected chi connectivity index (χ3v) is 4.39. The van der Waals surface area contributed by atoms with Gasteiger partial charge in [-0.2, -0.15) is 0 Å². The number of amides is 1. The largest absolute Gasteiger partial charge is 0.513 e. The second-order valence-electron chi connectivity index (χ2n) is 5.83. The Morgan fingerprint density at radius 2 is 2.14 bits per heavy atom. The van der Waals surface area contributed by atoms with Gasteiger partial charge in [-0.15, -0.1) is 0 Å². The van der Waals surface area contributed by atoms with E-state index in [1.54, 1.807) is 12.3 Å². The Morgan fingerprint density at radius 1 is 1.41 bits per heavy atom. The number of allylic oxidation sites excluding steroid dienone is 1. The number of carbonyl (C=O) groups is 1. The third kappa shape index (κ3) is 2.84. The smallest absolute Gasteiger partial charge is 0.227 e. The van der Waals surface area contributed by atoms with Gasteiger partial charge in [-0.1, -0.05) is 6.58 Å². The van der Waals surface area contributed by atoms with Crippen molar-refractivity contribution in [3.05, 3.63) is 48.1 Å². The Balaban J connectivity index is 1.68. The lowest BCUT2D eigenvalue weighted by Crippen LogP contribution is -2.39. The number of piperidine rings is 1. The molecule has 1 aliphatic heterocycles. The minimum Gasteiger partial charge on any atom is -0.513 e. The van der Waals surface area contributed by atoms with Gasteiger partial charge in [0.05, 0.1) is 12.2 Å². The molecule has 0 unspecified atom stereocenters. The Labute approximate surface area is 128 Å². The van der Waals surface area contributed by atoms with Crippen LogP contribution in [0.15, 0.2) is 36.7 Å². The molecule has 1 fully saturated rings. The molecule has 5 heteroatoms. The number of fused-ring (bicyclic) bond motifs is 1. The standard InChI is InChI=1S/C17H19FN2O2/c1-11(21)12-4-6-20(7-5-12)17(22)8-13-10-19-16-9-14(18)2-3-15(13)16/h2-3,9-10,12,19,21H,1,4-8H2. The molecule has 1 saturated heterocycles. The van der Waals surface area contributed by atoms with Crippen LogP contribution < -0.4 is 0 Å². The number of benzene rings is 1. The SMILES string of the molecule is C=C(O)C1CCN(C(=O)Cc2c[nH]c3cc(F)ccc23)CC1. The van der Waals surface area contributed by atoms with Gasteiger partial charge >= 0.3 is 0 Å². The van der Waals surface area contributed by atoms with Crippen LogP contribution in [0, 0.1) is 11.7 Å².